The van der Waals surface area contributed by atoms with E-state index in [1.165, 1.54) is 0 Å². The van der Waals surface area contributed by atoms with Crippen molar-refractivity contribution in [1.29, 1.82) is 0 Å². The predicted molar refractivity (Wildman–Crippen MR) is 116 cm³/mol. The van der Waals surface area contributed by atoms with Crippen LogP contribution in [0.15, 0.2) is 42.5 Å². The number of nitrogens with zero attached hydrogens (tertiary/aromatic N) is 3. The van der Waals surface area contributed by atoms with E-state index in [0.717, 1.165) is 0 Å². The molecule has 0 spiro atoms. The molecular formula is C20H15Cl3N4O3. The monoisotopic (exact) mass is 464 g/mol. The summed E-state index contributed by atoms with van der Waals surface area (Å²) in [6, 6.07) is 12.0. The highest BCUT2D eigenvalue weighted by atomic mass is 35.5. The quantitative estimate of drug-likeness (QED) is 0.389. The summed E-state index contributed by atoms with van der Waals surface area (Å²) in [6.07, 6.45) is -0.708. The average Bonchev–Trinajstić information content (AvgIpc) is 3.12. The lowest BCUT2D eigenvalue weighted by Gasteiger charge is -2.11. The zero-order valence-electron chi connectivity index (χ0n) is 15.6. The minimum atomic E-state index is -0.708. The van der Waals surface area contributed by atoms with Crippen molar-refractivity contribution in [2.24, 2.45) is 0 Å². The zero-order valence-corrected chi connectivity index (χ0v) is 17.8. The van der Waals surface area contributed by atoms with Crippen molar-refractivity contribution in [1.82, 2.24) is 20.2 Å². The first-order valence-electron chi connectivity index (χ1n) is 8.87. The Morgan fingerprint density at radius 2 is 1.87 bits per heavy atom. The van der Waals surface area contributed by atoms with E-state index in [1.807, 2.05) is 18.2 Å². The van der Waals surface area contributed by atoms with E-state index in [9.17, 15) is 5.11 Å². The minimum absolute atomic E-state index is 0.0123. The Labute approximate surface area is 186 Å². The molecule has 2 N–H and O–H groups in total. The van der Waals surface area contributed by atoms with Gasteiger partial charge in [-0.15, -0.1) is 0 Å². The molecule has 4 rings (SSSR count). The van der Waals surface area contributed by atoms with Crippen molar-refractivity contribution >= 4 is 45.8 Å². The second-order valence-electron chi connectivity index (χ2n) is 6.42. The molecule has 0 amide bonds. The van der Waals surface area contributed by atoms with Gasteiger partial charge in [0.05, 0.1) is 16.1 Å². The summed E-state index contributed by atoms with van der Waals surface area (Å²) in [5.41, 5.74) is 1.58. The van der Waals surface area contributed by atoms with Crippen molar-refractivity contribution in [2.75, 3.05) is 6.61 Å². The maximum Gasteiger partial charge on any atom is 0.327 e. The van der Waals surface area contributed by atoms with Crippen LogP contribution in [0.5, 0.6) is 17.6 Å². The lowest BCUT2D eigenvalue weighted by molar-refractivity contribution is 0.120. The molecular weight excluding hydrogens is 451 g/mol. The van der Waals surface area contributed by atoms with Gasteiger partial charge >= 0.3 is 6.01 Å². The maximum atomic E-state index is 9.66. The molecule has 4 aromatic rings. The van der Waals surface area contributed by atoms with Crippen molar-refractivity contribution in [3.05, 3.63) is 57.5 Å². The Kier molecular flexibility index (Phi) is 5.97. The second kappa shape index (κ2) is 8.65. The van der Waals surface area contributed by atoms with Crippen LogP contribution in [0.25, 0.3) is 22.3 Å². The number of ether oxygens (including phenoxy) is 2. The van der Waals surface area contributed by atoms with Crippen LogP contribution in [0.1, 0.15) is 6.92 Å². The Morgan fingerprint density at radius 3 is 2.60 bits per heavy atom. The molecule has 10 heteroatoms. The van der Waals surface area contributed by atoms with Crippen LogP contribution in [-0.2, 0) is 0 Å². The Bertz CT molecular complexity index is 1210. The third-order valence-electron chi connectivity index (χ3n) is 4.05. The number of hydrogen-bond acceptors (Lipinski definition) is 6. The summed E-state index contributed by atoms with van der Waals surface area (Å²) in [5.74, 6) is 0.511. The molecule has 0 aliphatic rings. The molecule has 0 saturated heterocycles. The molecule has 2 heterocycles. The van der Waals surface area contributed by atoms with Gasteiger partial charge in [0.15, 0.2) is 5.65 Å². The third kappa shape index (κ3) is 4.29. The van der Waals surface area contributed by atoms with E-state index in [1.54, 1.807) is 31.2 Å². The van der Waals surface area contributed by atoms with E-state index in [2.05, 4.69) is 20.2 Å². The highest BCUT2D eigenvalue weighted by Crippen LogP contribution is 2.37. The SMILES string of the molecule is C[C@H](O)COc1nc(Oc2ccc(Cl)cc2Cl)nc2[nH]nc(-c3ccccc3Cl)c12. The van der Waals surface area contributed by atoms with Gasteiger partial charge in [-0.3, -0.25) is 5.10 Å². The summed E-state index contributed by atoms with van der Waals surface area (Å²) in [5, 5.41) is 18.7. The fraction of sp³-hybridized carbons (Fsp3) is 0.150. The third-order valence-corrected chi connectivity index (χ3v) is 4.91. The molecule has 0 unspecified atom stereocenters. The van der Waals surface area contributed by atoms with E-state index >= 15 is 0 Å². The van der Waals surface area contributed by atoms with Crippen molar-refractivity contribution < 1.29 is 14.6 Å². The van der Waals surface area contributed by atoms with Crippen LogP contribution in [0, 0.1) is 0 Å². The van der Waals surface area contributed by atoms with Crippen molar-refractivity contribution in [2.45, 2.75) is 13.0 Å². The molecule has 2 aromatic heterocycles. The number of aliphatic hydroxyl groups excluding tert-OH is 1. The van der Waals surface area contributed by atoms with Gasteiger partial charge in [-0.1, -0.05) is 53.0 Å². The van der Waals surface area contributed by atoms with Crippen LogP contribution >= 0.6 is 34.8 Å². The number of H-pyrrole nitrogens is 1. The molecule has 1 atom stereocenters. The largest absolute Gasteiger partial charge is 0.474 e. The first kappa shape index (κ1) is 20.7. The number of rotatable bonds is 6. The van der Waals surface area contributed by atoms with E-state index in [0.29, 0.717) is 43.1 Å². The lowest BCUT2D eigenvalue weighted by atomic mass is 10.1. The van der Waals surface area contributed by atoms with Gasteiger partial charge in [-0.05, 0) is 31.2 Å². The molecule has 0 saturated carbocycles. The molecule has 154 valence electrons. The number of nitrogens with one attached hydrogen (secondary N) is 1. The number of benzene rings is 2. The molecule has 0 radical (unpaired) electrons. The molecule has 7 nitrogen and oxygen atoms in total. The number of aliphatic hydroxyl groups is 1. The van der Waals surface area contributed by atoms with Gasteiger partial charge < -0.3 is 14.6 Å². The Morgan fingerprint density at radius 1 is 1.07 bits per heavy atom. The van der Waals surface area contributed by atoms with Gasteiger partial charge in [0, 0.05) is 10.6 Å². The maximum absolute atomic E-state index is 9.66. The van der Waals surface area contributed by atoms with Crippen LogP contribution in [0.4, 0.5) is 0 Å². The molecule has 0 aliphatic heterocycles. The highest BCUT2D eigenvalue weighted by Gasteiger charge is 2.21. The van der Waals surface area contributed by atoms with Gasteiger partial charge in [0.25, 0.3) is 0 Å². The van der Waals surface area contributed by atoms with Crippen LogP contribution < -0.4 is 9.47 Å². The summed E-state index contributed by atoms with van der Waals surface area (Å²) < 4.78 is 11.5. The smallest absolute Gasteiger partial charge is 0.327 e. The van der Waals surface area contributed by atoms with Crippen LogP contribution in [0.2, 0.25) is 15.1 Å². The van der Waals surface area contributed by atoms with Crippen molar-refractivity contribution in [3.8, 4) is 28.9 Å². The van der Waals surface area contributed by atoms with Crippen LogP contribution in [-0.4, -0.2) is 38.0 Å². The summed E-state index contributed by atoms with van der Waals surface area (Å²) in [4.78, 5) is 8.73. The average molecular weight is 466 g/mol. The van der Waals surface area contributed by atoms with E-state index in [4.69, 9.17) is 44.3 Å². The number of halogens is 3. The first-order valence-corrected chi connectivity index (χ1v) is 10.0. The summed E-state index contributed by atoms with van der Waals surface area (Å²) in [7, 11) is 0. The molecule has 30 heavy (non-hydrogen) atoms. The summed E-state index contributed by atoms with van der Waals surface area (Å²) in [6.45, 7) is 1.62. The van der Waals surface area contributed by atoms with Crippen molar-refractivity contribution in [3.63, 3.8) is 0 Å². The second-order valence-corrected chi connectivity index (χ2v) is 7.67. The molecule has 0 aliphatic carbocycles. The zero-order chi connectivity index (χ0) is 21.3. The fourth-order valence-electron chi connectivity index (χ4n) is 2.73. The Hall–Kier alpha value is -2.58. The van der Waals surface area contributed by atoms with E-state index < -0.39 is 6.10 Å². The lowest BCUT2D eigenvalue weighted by Crippen LogP contribution is -2.14. The number of aromatic amines is 1. The molecule has 2 aromatic carbocycles. The Balaban J connectivity index is 1.82. The topological polar surface area (TPSA) is 93.1 Å². The van der Waals surface area contributed by atoms with Gasteiger partial charge in [-0.25, -0.2) is 0 Å². The standard InChI is InChI=1S/C20H15Cl3N4O3/c1-10(28)9-29-19-16-17(12-4-2-3-5-13(12)22)26-27-18(16)24-20(25-19)30-15-7-6-11(21)8-14(15)23/h2-8,10,28H,9H2,1H3,(H,24,25,26,27)/t10-/m0/s1. The van der Waals surface area contributed by atoms with Gasteiger partial charge in [0.2, 0.25) is 5.88 Å². The number of aromatic nitrogens is 4. The normalized spacial score (nSPS) is 12.2. The predicted octanol–water partition coefficient (Wildman–Crippen LogP) is 5.53. The number of fused-ring (bicyclic) bond motifs is 1. The first-order chi connectivity index (χ1) is 14.4. The van der Waals surface area contributed by atoms with Gasteiger partial charge in [-0.2, -0.15) is 15.1 Å². The van der Waals surface area contributed by atoms with Crippen LogP contribution in [0.3, 0.4) is 0 Å². The summed E-state index contributed by atoms with van der Waals surface area (Å²) >= 11 is 18.4. The molecule has 0 bridgehead atoms. The van der Waals surface area contributed by atoms with E-state index in [-0.39, 0.29) is 18.5 Å². The molecule has 0 fully saturated rings. The fourth-order valence-corrected chi connectivity index (χ4v) is 3.41. The van der Waals surface area contributed by atoms with Gasteiger partial charge in [0.1, 0.15) is 23.4 Å². The number of hydrogen-bond donors (Lipinski definition) is 2. The minimum Gasteiger partial charge on any atom is -0.474 e. The highest BCUT2D eigenvalue weighted by molar-refractivity contribution is 6.35.